The lowest BCUT2D eigenvalue weighted by Crippen LogP contribution is -2.46. The molecule has 13 heavy (non-hydrogen) atoms. The Morgan fingerprint density at radius 2 is 2.46 bits per heavy atom. The van der Waals surface area contributed by atoms with Gasteiger partial charge in [-0.1, -0.05) is 0 Å². The molecule has 0 aromatic rings. The van der Waals surface area contributed by atoms with Crippen LogP contribution in [0.3, 0.4) is 0 Å². The van der Waals surface area contributed by atoms with E-state index in [1.807, 2.05) is 0 Å². The van der Waals surface area contributed by atoms with E-state index in [4.69, 9.17) is 14.2 Å². The average molecular weight is 186 g/mol. The highest BCUT2D eigenvalue weighted by molar-refractivity contribution is 5.86. The first-order chi connectivity index (χ1) is 6.22. The van der Waals surface area contributed by atoms with Crippen molar-refractivity contribution in [3.05, 3.63) is 11.6 Å². The van der Waals surface area contributed by atoms with E-state index >= 15 is 0 Å². The van der Waals surface area contributed by atoms with Crippen LogP contribution in [0.2, 0.25) is 0 Å². The van der Waals surface area contributed by atoms with Gasteiger partial charge in [0.25, 0.3) is 0 Å². The van der Waals surface area contributed by atoms with Gasteiger partial charge >= 0.3 is 5.97 Å². The number of ether oxygens (including phenoxy) is 3. The van der Waals surface area contributed by atoms with Gasteiger partial charge in [0.1, 0.15) is 6.10 Å². The van der Waals surface area contributed by atoms with Gasteiger partial charge in [0, 0.05) is 18.8 Å². The molecule has 0 bridgehead atoms. The molecule has 0 radical (unpaired) electrons. The molecule has 0 unspecified atom stereocenters. The Morgan fingerprint density at radius 1 is 1.69 bits per heavy atom. The van der Waals surface area contributed by atoms with Crippen LogP contribution in [0.1, 0.15) is 0 Å². The predicted octanol–water partition coefficient (Wildman–Crippen LogP) is -0.798. The lowest BCUT2D eigenvalue weighted by Gasteiger charge is -2.31. The third-order valence-corrected chi connectivity index (χ3v) is 2.15. The standard InChI is InChI=1S/C8H10O5/c1-11-8-6(10)7-4(3-12-8)2-5(9)13-7/h2,6-8,10H,3H2,1H3/t6-,7-,8-/m1/s1. The molecule has 0 amide bonds. The minimum Gasteiger partial charge on any atom is -0.452 e. The van der Waals surface area contributed by atoms with Gasteiger partial charge in [-0.15, -0.1) is 0 Å². The summed E-state index contributed by atoms with van der Waals surface area (Å²) >= 11 is 0. The van der Waals surface area contributed by atoms with E-state index in [-0.39, 0.29) is 6.61 Å². The summed E-state index contributed by atoms with van der Waals surface area (Å²) < 4.78 is 14.9. The van der Waals surface area contributed by atoms with Crippen molar-refractivity contribution >= 4 is 5.97 Å². The van der Waals surface area contributed by atoms with Crippen molar-refractivity contribution in [3.63, 3.8) is 0 Å². The number of rotatable bonds is 1. The lowest BCUT2D eigenvalue weighted by molar-refractivity contribution is -0.216. The molecule has 5 heteroatoms. The Balaban J connectivity index is 2.15. The smallest absolute Gasteiger partial charge is 0.331 e. The predicted molar refractivity (Wildman–Crippen MR) is 40.7 cm³/mol. The molecular weight excluding hydrogens is 176 g/mol. The summed E-state index contributed by atoms with van der Waals surface area (Å²) in [6.45, 7) is 0.270. The Morgan fingerprint density at radius 3 is 3.15 bits per heavy atom. The zero-order valence-electron chi connectivity index (χ0n) is 7.10. The van der Waals surface area contributed by atoms with Crippen molar-refractivity contribution in [1.29, 1.82) is 0 Å². The van der Waals surface area contributed by atoms with Crippen LogP contribution in [-0.4, -0.2) is 43.3 Å². The summed E-state index contributed by atoms with van der Waals surface area (Å²) in [5, 5.41) is 9.59. The maximum absolute atomic E-state index is 10.8. The first-order valence-electron chi connectivity index (χ1n) is 3.96. The monoisotopic (exact) mass is 186 g/mol. The molecule has 0 aliphatic carbocycles. The summed E-state index contributed by atoms with van der Waals surface area (Å²) in [4.78, 5) is 10.8. The van der Waals surface area contributed by atoms with Crippen molar-refractivity contribution in [3.8, 4) is 0 Å². The molecule has 1 N–H and O–H groups in total. The Bertz CT molecular complexity index is 259. The zero-order chi connectivity index (χ0) is 9.42. The van der Waals surface area contributed by atoms with E-state index in [2.05, 4.69) is 0 Å². The number of fused-ring (bicyclic) bond motifs is 1. The number of aliphatic hydroxyl groups excluding tert-OH is 1. The van der Waals surface area contributed by atoms with Gasteiger partial charge in [0.2, 0.25) is 0 Å². The van der Waals surface area contributed by atoms with Crippen LogP contribution in [0.4, 0.5) is 0 Å². The molecule has 0 saturated carbocycles. The number of hydrogen-bond acceptors (Lipinski definition) is 5. The highest BCUT2D eigenvalue weighted by Gasteiger charge is 2.41. The third-order valence-electron chi connectivity index (χ3n) is 2.15. The largest absolute Gasteiger partial charge is 0.452 e. The minimum atomic E-state index is -0.934. The van der Waals surface area contributed by atoms with Crippen molar-refractivity contribution in [2.24, 2.45) is 0 Å². The quantitative estimate of drug-likeness (QED) is 0.543. The second-order valence-electron chi connectivity index (χ2n) is 2.98. The molecule has 2 aliphatic rings. The minimum absolute atomic E-state index is 0.270. The fourth-order valence-electron chi connectivity index (χ4n) is 1.51. The topological polar surface area (TPSA) is 65.0 Å². The van der Waals surface area contributed by atoms with E-state index in [9.17, 15) is 9.90 Å². The van der Waals surface area contributed by atoms with Crippen LogP contribution in [0.25, 0.3) is 0 Å². The zero-order valence-corrected chi connectivity index (χ0v) is 7.10. The summed E-state index contributed by atoms with van der Waals surface area (Å²) in [7, 11) is 1.43. The molecule has 1 fully saturated rings. The fraction of sp³-hybridized carbons (Fsp3) is 0.625. The molecule has 2 aliphatic heterocycles. The number of carbonyl (C=O) groups is 1. The summed E-state index contributed by atoms with van der Waals surface area (Å²) in [6.07, 6.45) is -0.893. The number of carbonyl (C=O) groups excluding carboxylic acids is 1. The van der Waals surface area contributed by atoms with Gasteiger partial charge in [-0.25, -0.2) is 4.79 Å². The molecule has 0 aromatic heterocycles. The molecule has 0 spiro atoms. The number of esters is 1. The van der Waals surface area contributed by atoms with Crippen molar-refractivity contribution in [1.82, 2.24) is 0 Å². The van der Waals surface area contributed by atoms with Crippen LogP contribution in [0.15, 0.2) is 11.6 Å². The molecule has 3 atom stereocenters. The van der Waals surface area contributed by atoms with Crippen LogP contribution in [0, 0.1) is 0 Å². The average Bonchev–Trinajstić information content (AvgIpc) is 2.47. The van der Waals surface area contributed by atoms with Crippen LogP contribution in [-0.2, 0) is 19.0 Å². The van der Waals surface area contributed by atoms with Crippen molar-refractivity contribution < 1.29 is 24.1 Å². The molecule has 0 aromatic carbocycles. The SMILES string of the molecule is CO[C@@H]1OCC2=CC(=O)O[C@H]2[C@H]1O. The summed E-state index contributed by atoms with van der Waals surface area (Å²) in [6, 6.07) is 0. The van der Waals surface area contributed by atoms with Gasteiger partial charge in [-0.3, -0.25) is 0 Å². The normalized spacial score (nSPS) is 38.2. The van der Waals surface area contributed by atoms with Crippen LogP contribution in [0.5, 0.6) is 0 Å². The van der Waals surface area contributed by atoms with Crippen LogP contribution < -0.4 is 0 Å². The molecule has 2 rings (SSSR count). The van der Waals surface area contributed by atoms with Crippen LogP contribution >= 0.6 is 0 Å². The van der Waals surface area contributed by atoms with Gasteiger partial charge in [-0.2, -0.15) is 0 Å². The molecule has 1 saturated heterocycles. The number of hydrogen-bond donors (Lipinski definition) is 1. The van der Waals surface area contributed by atoms with E-state index in [0.29, 0.717) is 5.57 Å². The first-order valence-corrected chi connectivity index (χ1v) is 3.96. The maximum atomic E-state index is 10.8. The third kappa shape index (κ3) is 1.35. The molecule has 2 heterocycles. The maximum Gasteiger partial charge on any atom is 0.331 e. The van der Waals surface area contributed by atoms with Gasteiger partial charge in [0.15, 0.2) is 12.4 Å². The van der Waals surface area contributed by atoms with Crippen molar-refractivity contribution in [2.75, 3.05) is 13.7 Å². The Labute approximate surface area is 74.9 Å². The summed E-state index contributed by atoms with van der Waals surface area (Å²) in [5.41, 5.74) is 0.672. The van der Waals surface area contributed by atoms with E-state index < -0.39 is 24.5 Å². The van der Waals surface area contributed by atoms with Gasteiger partial charge < -0.3 is 19.3 Å². The lowest BCUT2D eigenvalue weighted by atomic mass is 10.0. The number of methoxy groups -OCH3 is 1. The fourth-order valence-corrected chi connectivity index (χ4v) is 1.51. The van der Waals surface area contributed by atoms with Crippen molar-refractivity contribution in [2.45, 2.75) is 18.5 Å². The van der Waals surface area contributed by atoms with Gasteiger partial charge in [0.05, 0.1) is 6.61 Å². The van der Waals surface area contributed by atoms with E-state index in [1.54, 1.807) is 0 Å². The number of aliphatic hydroxyl groups is 1. The highest BCUT2D eigenvalue weighted by Crippen LogP contribution is 2.27. The second-order valence-corrected chi connectivity index (χ2v) is 2.98. The molecular formula is C8H10O5. The Hall–Kier alpha value is -0.910. The van der Waals surface area contributed by atoms with E-state index in [1.165, 1.54) is 13.2 Å². The Kier molecular flexibility index (Phi) is 2.07. The summed E-state index contributed by atoms with van der Waals surface area (Å²) in [5.74, 6) is -0.431. The molecule has 72 valence electrons. The first kappa shape index (κ1) is 8.68. The van der Waals surface area contributed by atoms with E-state index in [0.717, 1.165) is 0 Å². The second kappa shape index (κ2) is 3.10. The van der Waals surface area contributed by atoms with Gasteiger partial charge in [-0.05, 0) is 0 Å². The highest BCUT2D eigenvalue weighted by atomic mass is 16.7. The molecule has 5 nitrogen and oxygen atoms in total.